The first-order chi connectivity index (χ1) is 7.27. The van der Waals surface area contributed by atoms with Crippen molar-refractivity contribution in [3.05, 3.63) is 35.4 Å². The lowest BCUT2D eigenvalue weighted by molar-refractivity contribution is 0.100. The predicted octanol–water partition coefficient (Wildman–Crippen LogP) is 1.67. The number of nitrogens with one attached hydrogen (secondary N) is 1. The Balaban J connectivity index is 0.00000128. The molecule has 1 aliphatic rings. The number of primary amides is 1. The van der Waals surface area contributed by atoms with Crippen molar-refractivity contribution < 1.29 is 4.79 Å². The van der Waals surface area contributed by atoms with Gasteiger partial charge in [-0.15, -0.1) is 12.4 Å². The first kappa shape index (κ1) is 13.0. The predicted molar refractivity (Wildman–Crippen MR) is 67.1 cm³/mol. The highest BCUT2D eigenvalue weighted by atomic mass is 35.5. The minimum atomic E-state index is -0.358. The zero-order valence-corrected chi connectivity index (χ0v) is 9.93. The van der Waals surface area contributed by atoms with Crippen LogP contribution in [0.1, 0.15) is 34.7 Å². The van der Waals surface area contributed by atoms with Gasteiger partial charge in [-0.05, 0) is 43.0 Å². The van der Waals surface area contributed by atoms with Crippen LogP contribution in [0.15, 0.2) is 24.3 Å². The molecular formula is C12H17ClN2O. The number of amides is 1. The van der Waals surface area contributed by atoms with E-state index in [1.807, 2.05) is 24.3 Å². The molecule has 1 atom stereocenters. The summed E-state index contributed by atoms with van der Waals surface area (Å²) >= 11 is 0. The molecule has 1 aliphatic heterocycles. The summed E-state index contributed by atoms with van der Waals surface area (Å²) in [7, 11) is 0. The number of carbonyl (C=O) groups is 1. The summed E-state index contributed by atoms with van der Waals surface area (Å²) in [5.74, 6) is 0.226. The summed E-state index contributed by atoms with van der Waals surface area (Å²) in [6, 6.07) is 7.65. The first-order valence-electron chi connectivity index (χ1n) is 5.38. The normalized spacial score (nSPS) is 19.9. The van der Waals surface area contributed by atoms with Crippen LogP contribution >= 0.6 is 12.4 Å². The van der Waals surface area contributed by atoms with Crippen LogP contribution in [-0.4, -0.2) is 19.0 Å². The Hall–Kier alpha value is -1.06. The van der Waals surface area contributed by atoms with Crippen LogP contribution in [0.4, 0.5) is 0 Å². The highest BCUT2D eigenvalue weighted by Crippen LogP contribution is 2.23. The number of carbonyl (C=O) groups excluding carboxylic acids is 1. The number of hydrogen-bond acceptors (Lipinski definition) is 2. The first-order valence-corrected chi connectivity index (χ1v) is 5.38. The fourth-order valence-electron chi connectivity index (χ4n) is 2.06. The monoisotopic (exact) mass is 240 g/mol. The van der Waals surface area contributed by atoms with Gasteiger partial charge in [-0.2, -0.15) is 0 Å². The smallest absolute Gasteiger partial charge is 0.248 e. The minimum absolute atomic E-state index is 0. The maximum absolute atomic E-state index is 10.9. The van der Waals surface area contributed by atoms with E-state index in [4.69, 9.17) is 5.73 Å². The third-order valence-corrected chi connectivity index (χ3v) is 2.96. The van der Waals surface area contributed by atoms with Gasteiger partial charge in [0.25, 0.3) is 0 Å². The Morgan fingerprint density at radius 1 is 1.31 bits per heavy atom. The summed E-state index contributed by atoms with van der Waals surface area (Å²) < 4.78 is 0. The molecule has 4 heteroatoms. The van der Waals surface area contributed by atoms with Crippen LogP contribution < -0.4 is 11.1 Å². The molecule has 1 aromatic rings. The average Bonchev–Trinajstić information content (AvgIpc) is 2.30. The summed E-state index contributed by atoms with van der Waals surface area (Å²) in [4.78, 5) is 10.9. The van der Waals surface area contributed by atoms with Crippen LogP contribution in [-0.2, 0) is 0 Å². The molecule has 16 heavy (non-hydrogen) atoms. The fourth-order valence-corrected chi connectivity index (χ4v) is 2.06. The molecule has 88 valence electrons. The van der Waals surface area contributed by atoms with E-state index < -0.39 is 0 Å². The molecule has 0 aliphatic carbocycles. The Morgan fingerprint density at radius 3 is 2.50 bits per heavy atom. The van der Waals surface area contributed by atoms with Crippen molar-refractivity contribution in [2.45, 2.75) is 18.8 Å². The van der Waals surface area contributed by atoms with Gasteiger partial charge in [-0.1, -0.05) is 12.1 Å². The van der Waals surface area contributed by atoms with E-state index >= 15 is 0 Å². The van der Waals surface area contributed by atoms with E-state index in [0.29, 0.717) is 11.5 Å². The minimum Gasteiger partial charge on any atom is -0.366 e. The molecule has 0 saturated carbocycles. The third-order valence-electron chi connectivity index (χ3n) is 2.96. The molecule has 0 radical (unpaired) electrons. The van der Waals surface area contributed by atoms with Gasteiger partial charge in [-0.25, -0.2) is 0 Å². The van der Waals surface area contributed by atoms with E-state index in [-0.39, 0.29) is 18.3 Å². The number of nitrogens with two attached hydrogens (primary N) is 1. The molecule has 1 amide bonds. The molecule has 0 bridgehead atoms. The van der Waals surface area contributed by atoms with E-state index in [9.17, 15) is 4.79 Å². The number of benzene rings is 1. The van der Waals surface area contributed by atoms with Gasteiger partial charge in [0.2, 0.25) is 5.91 Å². The van der Waals surface area contributed by atoms with E-state index in [1.165, 1.54) is 18.4 Å². The summed E-state index contributed by atoms with van der Waals surface area (Å²) in [6.07, 6.45) is 2.45. The van der Waals surface area contributed by atoms with Crippen molar-refractivity contribution in [1.82, 2.24) is 5.32 Å². The van der Waals surface area contributed by atoms with Crippen LogP contribution in [0.5, 0.6) is 0 Å². The third kappa shape index (κ3) is 2.97. The summed E-state index contributed by atoms with van der Waals surface area (Å²) in [6.45, 7) is 2.16. The van der Waals surface area contributed by atoms with Gasteiger partial charge < -0.3 is 11.1 Å². The van der Waals surface area contributed by atoms with Gasteiger partial charge in [0.05, 0.1) is 0 Å². The van der Waals surface area contributed by atoms with E-state index in [0.717, 1.165) is 13.1 Å². The zero-order chi connectivity index (χ0) is 10.7. The number of rotatable bonds is 2. The second-order valence-electron chi connectivity index (χ2n) is 4.03. The van der Waals surface area contributed by atoms with Crippen molar-refractivity contribution in [3.63, 3.8) is 0 Å². The van der Waals surface area contributed by atoms with Crippen molar-refractivity contribution in [3.8, 4) is 0 Å². The Morgan fingerprint density at radius 2 is 2.00 bits per heavy atom. The topological polar surface area (TPSA) is 55.1 Å². The van der Waals surface area contributed by atoms with Crippen molar-refractivity contribution >= 4 is 18.3 Å². The SMILES string of the molecule is Cl.NC(=O)c1ccc([C@@H]2CCCNC2)cc1. The molecule has 1 heterocycles. The van der Waals surface area contributed by atoms with Crippen molar-refractivity contribution in [2.75, 3.05) is 13.1 Å². The number of piperidine rings is 1. The lowest BCUT2D eigenvalue weighted by Gasteiger charge is -2.23. The number of halogens is 1. The van der Waals surface area contributed by atoms with E-state index in [1.54, 1.807) is 0 Å². The van der Waals surface area contributed by atoms with Gasteiger partial charge in [0.1, 0.15) is 0 Å². The maximum atomic E-state index is 10.9. The highest BCUT2D eigenvalue weighted by Gasteiger charge is 2.14. The number of hydrogen-bond donors (Lipinski definition) is 2. The maximum Gasteiger partial charge on any atom is 0.248 e. The Bertz CT molecular complexity index is 345. The fraction of sp³-hybridized carbons (Fsp3) is 0.417. The molecule has 1 saturated heterocycles. The summed E-state index contributed by atoms with van der Waals surface area (Å²) in [5, 5.41) is 3.38. The molecule has 0 unspecified atom stereocenters. The molecular weight excluding hydrogens is 224 g/mol. The highest BCUT2D eigenvalue weighted by molar-refractivity contribution is 5.92. The average molecular weight is 241 g/mol. The molecule has 0 spiro atoms. The second kappa shape index (κ2) is 5.87. The largest absolute Gasteiger partial charge is 0.366 e. The quantitative estimate of drug-likeness (QED) is 0.827. The summed E-state index contributed by atoms with van der Waals surface area (Å²) in [5.41, 5.74) is 7.08. The molecule has 1 fully saturated rings. The molecule has 3 nitrogen and oxygen atoms in total. The van der Waals surface area contributed by atoms with E-state index in [2.05, 4.69) is 5.32 Å². The lowest BCUT2D eigenvalue weighted by atomic mass is 9.91. The van der Waals surface area contributed by atoms with Crippen molar-refractivity contribution in [1.29, 1.82) is 0 Å². The standard InChI is InChI=1S/C12H16N2O.ClH/c13-12(15)10-5-3-9(4-6-10)11-2-1-7-14-8-11;/h3-6,11,14H,1-2,7-8H2,(H2,13,15);1H/t11-;/m1./s1. The van der Waals surface area contributed by atoms with Crippen LogP contribution in [0.2, 0.25) is 0 Å². The van der Waals surface area contributed by atoms with Gasteiger partial charge in [0.15, 0.2) is 0 Å². The van der Waals surface area contributed by atoms with Crippen molar-refractivity contribution in [2.24, 2.45) is 5.73 Å². The Kier molecular flexibility index (Phi) is 4.77. The van der Waals surface area contributed by atoms with Crippen LogP contribution in [0.3, 0.4) is 0 Å². The zero-order valence-electron chi connectivity index (χ0n) is 9.11. The Labute approximate surface area is 102 Å². The molecule has 2 rings (SSSR count). The lowest BCUT2D eigenvalue weighted by Crippen LogP contribution is -2.28. The van der Waals surface area contributed by atoms with Gasteiger partial charge in [-0.3, -0.25) is 4.79 Å². The van der Waals surface area contributed by atoms with Crippen LogP contribution in [0, 0.1) is 0 Å². The van der Waals surface area contributed by atoms with Gasteiger partial charge in [0, 0.05) is 12.1 Å². The van der Waals surface area contributed by atoms with Crippen LogP contribution in [0.25, 0.3) is 0 Å². The molecule has 3 N–H and O–H groups in total. The van der Waals surface area contributed by atoms with Gasteiger partial charge >= 0.3 is 0 Å². The second-order valence-corrected chi connectivity index (χ2v) is 4.03. The molecule has 1 aromatic carbocycles. The molecule has 0 aromatic heterocycles.